The molecule has 28 heavy (non-hydrogen) atoms. The lowest BCUT2D eigenvalue weighted by molar-refractivity contribution is -0.123. The van der Waals surface area contributed by atoms with Crippen molar-refractivity contribution >= 4 is 40.8 Å². The number of hydrogen-bond donors (Lipinski definition) is 2. The molecule has 148 valence electrons. The summed E-state index contributed by atoms with van der Waals surface area (Å²) in [6.07, 6.45) is 2.09. The van der Waals surface area contributed by atoms with Gasteiger partial charge in [-0.05, 0) is 42.7 Å². The standard InChI is InChI=1S/C20H21Cl2N3O3/c21-15-6-7-17(22)18(11-15)28-13-19(26)23-12-14-4-3-5-16(10-14)24-20(27)25-8-1-2-9-25/h3-7,10-11H,1-2,8-9,12-13H2,(H,23,26)(H,24,27). The Balaban J connectivity index is 1.48. The van der Waals surface area contributed by atoms with Crippen molar-refractivity contribution in [2.45, 2.75) is 19.4 Å². The summed E-state index contributed by atoms with van der Waals surface area (Å²) in [6.45, 7) is 1.72. The van der Waals surface area contributed by atoms with Gasteiger partial charge in [-0.1, -0.05) is 35.3 Å². The van der Waals surface area contributed by atoms with Gasteiger partial charge in [-0.25, -0.2) is 4.79 Å². The third kappa shape index (κ3) is 5.78. The molecule has 0 atom stereocenters. The van der Waals surface area contributed by atoms with E-state index in [1.165, 1.54) is 0 Å². The summed E-state index contributed by atoms with van der Waals surface area (Å²) in [5, 5.41) is 6.54. The number of likely N-dealkylation sites (tertiary alicyclic amines) is 1. The second-order valence-electron chi connectivity index (χ2n) is 6.46. The smallest absolute Gasteiger partial charge is 0.321 e. The third-order valence-electron chi connectivity index (χ3n) is 4.31. The van der Waals surface area contributed by atoms with Crippen molar-refractivity contribution in [3.05, 3.63) is 58.1 Å². The monoisotopic (exact) mass is 421 g/mol. The summed E-state index contributed by atoms with van der Waals surface area (Å²) < 4.78 is 5.41. The maximum Gasteiger partial charge on any atom is 0.321 e. The van der Waals surface area contributed by atoms with Gasteiger partial charge in [0.15, 0.2) is 6.61 Å². The van der Waals surface area contributed by atoms with E-state index in [0.29, 0.717) is 28.0 Å². The van der Waals surface area contributed by atoms with E-state index in [1.807, 2.05) is 24.3 Å². The van der Waals surface area contributed by atoms with Gasteiger partial charge in [0.25, 0.3) is 5.91 Å². The first-order valence-electron chi connectivity index (χ1n) is 9.01. The van der Waals surface area contributed by atoms with Crippen molar-refractivity contribution in [1.29, 1.82) is 0 Å². The Morgan fingerprint density at radius 2 is 1.86 bits per heavy atom. The van der Waals surface area contributed by atoms with Crippen LogP contribution in [0.1, 0.15) is 18.4 Å². The summed E-state index contributed by atoms with van der Waals surface area (Å²) in [5.74, 6) is 0.0680. The topological polar surface area (TPSA) is 70.7 Å². The maximum absolute atomic E-state index is 12.2. The van der Waals surface area contributed by atoms with Crippen molar-refractivity contribution in [2.24, 2.45) is 0 Å². The van der Waals surface area contributed by atoms with Gasteiger partial charge < -0.3 is 20.3 Å². The van der Waals surface area contributed by atoms with Crippen LogP contribution >= 0.6 is 23.2 Å². The predicted molar refractivity (Wildman–Crippen MR) is 110 cm³/mol. The molecular formula is C20H21Cl2N3O3. The van der Waals surface area contributed by atoms with E-state index in [9.17, 15) is 9.59 Å². The molecule has 1 saturated heterocycles. The van der Waals surface area contributed by atoms with Crippen molar-refractivity contribution < 1.29 is 14.3 Å². The maximum atomic E-state index is 12.2. The summed E-state index contributed by atoms with van der Waals surface area (Å²) in [4.78, 5) is 26.0. The minimum absolute atomic E-state index is 0.0921. The van der Waals surface area contributed by atoms with E-state index < -0.39 is 0 Å². The number of anilines is 1. The number of urea groups is 1. The van der Waals surface area contributed by atoms with Crippen LogP contribution in [0.3, 0.4) is 0 Å². The highest BCUT2D eigenvalue weighted by atomic mass is 35.5. The highest BCUT2D eigenvalue weighted by molar-refractivity contribution is 6.34. The first kappa shape index (κ1) is 20.3. The van der Waals surface area contributed by atoms with Crippen molar-refractivity contribution in [3.8, 4) is 5.75 Å². The third-order valence-corrected chi connectivity index (χ3v) is 4.86. The Morgan fingerprint density at radius 3 is 2.64 bits per heavy atom. The number of benzene rings is 2. The molecule has 1 fully saturated rings. The van der Waals surface area contributed by atoms with Gasteiger partial charge in [0, 0.05) is 36.4 Å². The Kier molecular flexibility index (Phi) is 7.01. The molecule has 2 N–H and O–H groups in total. The van der Waals surface area contributed by atoms with Crippen LogP contribution in [0.25, 0.3) is 0 Å². The lowest BCUT2D eigenvalue weighted by Crippen LogP contribution is -2.32. The lowest BCUT2D eigenvalue weighted by Gasteiger charge is -2.16. The Bertz CT molecular complexity index is 854. The van der Waals surface area contributed by atoms with E-state index in [2.05, 4.69) is 10.6 Å². The number of carbonyl (C=O) groups excluding carboxylic acids is 2. The molecule has 0 aromatic heterocycles. The highest BCUT2D eigenvalue weighted by Crippen LogP contribution is 2.27. The fourth-order valence-corrected chi connectivity index (χ4v) is 3.20. The number of rotatable bonds is 6. The molecule has 0 bridgehead atoms. The van der Waals surface area contributed by atoms with Gasteiger partial charge in [-0.15, -0.1) is 0 Å². The first-order chi connectivity index (χ1) is 13.5. The van der Waals surface area contributed by atoms with Crippen LogP contribution in [0.4, 0.5) is 10.5 Å². The Labute approximate surface area is 173 Å². The average Bonchev–Trinajstić information content (AvgIpc) is 3.22. The van der Waals surface area contributed by atoms with Crippen LogP contribution < -0.4 is 15.4 Å². The molecule has 2 aromatic rings. The van der Waals surface area contributed by atoms with E-state index in [0.717, 1.165) is 31.5 Å². The van der Waals surface area contributed by atoms with Crippen LogP contribution in [0.15, 0.2) is 42.5 Å². The predicted octanol–water partition coefficient (Wildman–Crippen LogP) is 4.32. The molecule has 8 heteroatoms. The van der Waals surface area contributed by atoms with Gasteiger partial charge in [0.1, 0.15) is 5.75 Å². The molecule has 0 spiro atoms. The van der Waals surface area contributed by atoms with Crippen LogP contribution in [0, 0.1) is 0 Å². The number of ether oxygens (including phenoxy) is 1. The number of nitrogens with one attached hydrogen (secondary N) is 2. The lowest BCUT2D eigenvalue weighted by atomic mass is 10.2. The molecule has 3 rings (SSSR count). The number of carbonyl (C=O) groups is 2. The van der Waals surface area contributed by atoms with E-state index >= 15 is 0 Å². The number of hydrogen-bond acceptors (Lipinski definition) is 3. The minimum Gasteiger partial charge on any atom is -0.482 e. The summed E-state index contributed by atoms with van der Waals surface area (Å²) >= 11 is 11.9. The van der Waals surface area contributed by atoms with Gasteiger partial charge >= 0.3 is 6.03 Å². The molecule has 0 aliphatic carbocycles. The van der Waals surface area contributed by atoms with Crippen LogP contribution in [-0.2, 0) is 11.3 Å². The zero-order chi connectivity index (χ0) is 19.9. The first-order valence-corrected chi connectivity index (χ1v) is 9.76. The molecule has 1 aliphatic rings. The van der Waals surface area contributed by atoms with Crippen LogP contribution in [0.5, 0.6) is 5.75 Å². The zero-order valence-electron chi connectivity index (χ0n) is 15.2. The Hall–Kier alpha value is -2.44. The normalized spacial score (nSPS) is 13.3. The number of amides is 3. The highest BCUT2D eigenvalue weighted by Gasteiger charge is 2.17. The van der Waals surface area contributed by atoms with E-state index in [-0.39, 0.29) is 18.5 Å². The van der Waals surface area contributed by atoms with E-state index in [4.69, 9.17) is 27.9 Å². The summed E-state index contributed by atoms with van der Waals surface area (Å²) in [7, 11) is 0. The fraction of sp³-hybridized carbons (Fsp3) is 0.300. The quantitative estimate of drug-likeness (QED) is 0.729. The van der Waals surface area contributed by atoms with Gasteiger partial charge in [-0.2, -0.15) is 0 Å². The molecule has 0 radical (unpaired) electrons. The second kappa shape index (κ2) is 9.66. The summed E-state index contributed by atoms with van der Waals surface area (Å²) in [5.41, 5.74) is 1.57. The minimum atomic E-state index is -0.289. The molecule has 0 saturated carbocycles. The van der Waals surface area contributed by atoms with Gasteiger partial charge in [-0.3, -0.25) is 4.79 Å². The molecule has 1 heterocycles. The fourth-order valence-electron chi connectivity index (χ4n) is 2.86. The number of nitrogens with zero attached hydrogens (tertiary/aromatic N) is 1. The molecule has 0 unspecified atom stereocenters. The van der Waals surface area contributed by atoms with Crippen LogP contribution in [-0.4, -0.2) is 36.5 Å². The number of halogens is 2. The Morgan fingerprint density at radius 1 is 1.07 bits per heavy atom. The van der Waals surface area contributed by atoms with Gasteiger partial charge in [0.2, 0.25) is 0 Å². The van der Waals surface area contributed by atoms with E-state index in [1.54, 1.807) is 23.1 Å². The molecule has 6 nitrogen and oxygen atoms in total. The largest absolute Gasteiger partial charge is 0.482 e. The van der Waals surface area contributed by atoms with Crippen molar-refractivity contribution in [3.63, 3.8) is 0 Å². The van der Waals surface area contributed by atoms with Crippen molar-refractivity contribution in [2.75, 3.05) is 25.0 Å². The SMILES string of the molecule is O=C(COc1cc(Cl)ccc1Cl)NCc1cccc(NC(=O)N2CCCC2)c1. The molecule has 3 amide bonds. The zero-order valence-corrected chi connectivity index (χ0v) is 16.7. The summed E-state index contributed by atoms with van der Waals surface area (Å²) in [6, 6.07) is 12.1. The molecule has 2 aromatic carbocycles. The van der Waals surface area contributed by atoms with Crippen molar-refractivity contribution in [1.82, 2.24) is 10.2 Å². The molecule has 1 aliphatic heterocycles. The molecular weight excluding hydrogens is 401 g/mol. The van der Waals surface area contributed by atoms with Crippen LogP contribution in [0.2, 0.25) is 10.0 Å². The second-order valence-corrected chi connectivity index (χ2v) is 7.31. The average molecular weight is 422 g/mol. The van der Waals surface area contributed by atoms with Gasteiger partial charge in [0.05, 0.1) is 5.02 Å².